The number of carbonyl (C=O) groups is 1. The number of carbonyl (C=O) groups excluding carboxylic acids is 1. The number of halogens is 1. The van der Waals surface area contributed by atoms with E-state index in [1.807, 2.05) is 12.1 Å². The van der Waals surface area contributed by atoms with E-state index in [2.05, 4.69) is 10.6 Å². The number of benzene rings is 1. The van der Waals surface area contributed by atoms with Crippen molar-refractivity contribution in [3.05, 3.63) is 22.7 Å². The second-order valence-corrected chi connectivity index (χ2v) is 5.18. The quantitative estimate of drug-likeness (QED) is 0.864. The van der Waals surface area contributed by atoms with E-state index in [0.717, 1.165) is 36.4 Å². The first-order valence-corrected chi connectivity index (χ1v) is 6.57. The molecule has 1 aromatic rings. The van der Waals surface area contributed by atoms with Crippen LogP contribution in [0, 0.1) is 0 Å². The number of rotatable bonds is 2. The number of hydrogen-bond acceptors (Lipinski definition) is 3. The van der Waals surface area contributed by atoms with Gasteiger partial charge in [0.25, 0.3) is 0 Å². The van der Waals surface area contributed by atoms with Crippen LogP contribution in [0.25, 0.3) is 0 Å². The predicted molar refractivity (Wildman–Crippen MR) is 71.2 cm³/mol. The van der Waals surface area contributed by atoms with Crippen LogP contribution >= 0.6 is 11.6 Å². The SMILES string of the molecule is O=C1Cc2cc(NC3CCCOC3)c(Cl)cc2N1. The largest absolute Gasteiger partial charge is 0.379 e. The second-order valence-electron chi connectivity index (χ2n) is 4.77. The fraction of sp³-hybridized carbons (Fsp3) is 0.462. The molecule has 1 unspecified atom stereocenters. The fourth-order valence-electron chi connectivity index (χ4n) is 2.43. The highest BCUT2D eigenvalue weighted by Gasteiger charge is 2.21. The van der Waals surface area contributed by atoms with E-state index in [-0.39, 0.29) is 5.91 Å². The van der Waals surface area contributed by atoms with Crippen molar-refractivity contribution in [3.63, 3.8) is 0 Å². The molecule has 1 atom stereocenters. The Kier molecular flexibility index (Phi) is 3.14. The van der Waals surface area contributed by atoms with Crippen molar-refractivity contribution in [2.75, 3.05) is 23.8 Å². The van der Waals surface area contributed by atoms with Crippen molar-refractivity contribution < 1.29 is 9.53 Å². The third-order valence-electron chi connectivity index (χ3n) is 3.34. The van der Waals surface area contributed by atoms with E-state index in [4.69, 9.17) is 16.3 Å². The van der Waals surface area contributed by atoms with Gasteiger partial charge in [0.05, 0.1) is 23.7 Å². The zero-order valence-electron chi connectivity index (χ0n) is 9.96. The molecule has 0 saturated carbocycles. The highest BCUT2D eigenvalue weighted by molar-refractivity contribution is 6.33. The van der Waals surface area contributed by atoms with Gasteiger partial charge in [-0.1, -0.05) is 11.6 Å². The number of fused-ring (bicyclic) bond motifs is 1. The van der Waals surface area contributed by atoms with Gasteiger partial charge >= 0.3 is 0 Å². The van der Waals surface area contributed by atoms with Crippen LogP contribution in [-0.2, 0) is 16.0 Å². The lowest BCUT2D eigenvalue weighted by atomic mass is 10.1. The Morgan fingerprint density at radius 2 is 2.33 bits per heavy atom. The molecule has 1 fully saturated rings. The molecule has 2 heterocycles. The van der Waals surface area contributed by atoms with Gasteiger partial charge in [-0.3, -0.25) is 4.79 Å². The number of anilines is 2. The summed E-state index contributed by atoms with van der Waals surface area (Å²) in [6.45, 7) is 1.55. The van der Waals surface area contributed by atoms with E-state index in [1.54, 1.807) is 0 Å². The Morgan fingerprint density at radius 1 is 1.44 bits per heavy atom. The van der Waals surface area contributed by atoms with E-state index in [9.17, 15) is 4.79 Å². The van der Waals surface area contributed by atoms with Gasteiger partial charge in [-0.05, 0) is 30.5 Å². The molecule has 2 N–H and O–H groups in total. The van der Waals surface area contributed by atoms with Crippen LogP contribution in [0.15, 0.2) is 12.1 Å². The molecule has 0 spiro atoms. The molecule has 96 valence electrons. The molecule has 5 heteroatoms. The van der Waals surface area contributed by atoms with Crippen LogP contribution in [0.1, 0.15) is 18.4 Å². The molecule has 18 heavy (non-hydrogen) atoms. The molecular weight excluding hydrogens is 252 g/mol. The molecule has 1 aromatic carbocycles. The summed E-state index contributed by atoms with van der Waals surface area (Å²) in [5.74, 6) is 0.0271. The zero-order valence-corrected chi connectivity index (χ0v) is 10.7. The molecule has 0 bridgehead atoms. The van der Waals surface area contributed by atoms with Gasteiger partial charge in [0.1, 0.15) is 0 Å². The van der Waals surface area contributed by atoms with Crippen LogP contribution in [0.2, 0.25) is 5.02 Å². The Labute approximate surface area is 111 Å². The monoisotopic (exact) mass is 266 g/mol. The summed E-state index contributed by atoms with van der Waals surface area (Å²) >= 11 is 6.22. The number of amides is 1. The number of ether oxygens (including phenoxy) is 1. The Hall–Kier alpha value is -1.26. The van der Waals surface area contributed by atoms with E-state index >= 15 is 0 Å². The van der Waals surface area contributed by atoms with Crippen LogP contribution in [-0.4, -0.2) is 25.2 Å². The lowest BCUT2D eigenvalue weighted by Crippen LogP contribution is -2.30. The maximum absolute atomic E-state index is 11.3. The molecule has 2 aliphatic rings. The van der Waals surface area contributed by atoms with Gasteiger partial charge in [0, 0.05) is 18.3 Å². The Balaban J connectivity index is 1.80. The minimum atomic E-state index is 0.0271. The third-order valence-corrected chi connectivity index (χ3v) is 3.65. The molecule has 0 aliphatic carbocycles. The molecule has 3 rings (SSSR count). The zero-order chi connectivity index (χ0) is 12.5. The van der Waals surface area contributed by atoms with Gasteiger partial charge in [0.2, 0.25) is 5.91 Å². The molecule has 4 nitrogen and oxygen atoms in total. The summed E-state index contributed by atoms with van der Waals surface area (Å²) < 4.78 is 5.43. The summed E-state index contributed by atoms with van der Waals surface area (Å²) in [4.78, 5) is 11.3. The van der Waals surface area contributed by atoms with Gasteiger partial charge in [-0.25, -0.2) is 0 Å². The minimum Gasteiger partial charge on any atom is -0.379 e. The maximum atomic E-state index is 11.3. The van der Waals surface area contributed by atoms with E-state index < -0.39 is 0 Å². The number of nitrogens with one attached hydrogen (secondary N) is 2. The summed E-state index contributed by atoms with van der Waals surface area (Å²) in [6.07, 6.45) is 2.59. The standard InChI is InChI=1S/C13H15ClN2O2/c14-10-6-11-8(5-13(17)16-11)4-12(10)15-9-2-1-3-18-7-9/h4,6,9,15H,1-3,5,7H2,(H,16,17). The normalized spacial score (nSPS) is 22.5. The van der Waals surface area contributed by atoms with Gasteiger partial charge in [-0.15, -0.1) is 0 Å². The average Bonchev–Trinajstić information content (AvgIpc) is 2.70. The van der Waals surface area contributed by atoms with Gasteiger partial charge in [0.15, 0.2) is 0 Å². The second kappa shape index (κ2) is 4.78. The Bertz CT molecular complexity index is 484. The van der Waals surface area contributed by atoms with Crippen LogP contribution in [0.5, 0.6) is 0 Å². The number of hydrogen-bond donors (Lipinski definition) is 2. The van der Waals surface area contributed by atoms with Crippen molar-refractivity contribution >= 4 is 28.9 Å². The molecule has 0 radical (unpaired) electrons. The van der Waals surface area contributed by atoms with Crippen LogP contribution in [0.4, 0.5) is 11.4 Å². The van der Waals surface area contributed by atoms with Crippen molar-refractivity contribution in [2.45, 2.75) is 25.3 Å². The first kappa shape index (κ1) is 11.8. The van der Waals surface area contributed by atoms with Crippen molar-refractivity contribution in [3.8, 4) is 0 Å². The van der Waals surface area contributed by atoms with Crippen molar-refractivity contribution in [1.82, 2.24) is 0 Å². The molecule has 0 aromatic heterocycles. The highest BCUT2D eigenvalue weighted by atomic mass is 35.5. The maximum Gasteiger partial charge on any atom is 0.228 e. The van der Waals surface area contributed by atoms with Gasteiger partial charge in [-0.2, -0.15) is 0 Å². The molecule has 1 saturated heterocycles. The van der Waals surface area contributed by atoms with E-state index in [1.165, 1.54) is 0 Å². The van der Waals surface area contributed by atoms with Crippen molar-refractivity contribution in [2.24, 2.45) is 0 Å². The fourth-order valence-corrected chi connectivity index (χ4v) is 2.65. The minimum absolute atomic E-state index is 0.0271. The summed E-state index contributed by atoms with van der Waals surface area (Å²) in [6, 6.07) is 4.08. The smallest absolute Gasteiger partial charge is 0.228 e. The summed E-state index contributed by atoms with van der Waals surface area (Å²) in [7, 11) is 0. The first-order valence-electron chi connectivity index (χ1n) is 6.19. The van der Waals surface area contributed by atoms with Gasteiger partial charge < -0.3 is 15.4 Å². The Morgan fingerprint density at radius 3 is 3.11 bits per heavy atom. The predicted octanol–water partition coefficient (Wildman–Crippen LogP) is 2.43. The van der Waals surface area contributed by atoms with E-state index in [0.29, 0.717) is 24.1 Å². The highest BCUT2D eigenvalue weighted by Crippen LogP contribution is 2.33. The van der Waals surface area contributed by atoms with Crippen LogP contribution < -0.4 is 10.6 Å². The molecule has 1 amide bonds. The molecule has 2 aliphatic heterocycles. The lowest BCUT2D eigenvalue weighted by Gasteiger charge is -2.24. The lowest BCUT2D eigenvalue weighted by molar-refractivity contribution is -0.115. The average molecular weight is 267 g/mol. The molecular formula is C13H15ClN2O2. The van der Waals surface area contributed by atoms with Crippen LogP contribution in [0.3, 0.4) is 0 Å². The summed E-state index contributed by atoms with van der Waals surface area (Å²) in [5.41, 5.74) is 2.72. The first-order chi connectivity index (χ1) is 8.72. The topological polar surface area (TPSA) is 50.4 Å². The summed E-state index contributed by atoms with van der Waals surface area (Å²) in [5, 5.41) is 6.83. The third kappa shape index (κ3) is 2.31. The van der Waals surface area contributed by atoms with Crippen molar-refractivity contribution in [1.29, 1.82) is 0 Å².